The third-order valence-electron chi connectivity index (χ3n) is 4.27. The zero-order valence-electron chi connectivity index (χ0n) is 14.5. The highest BCUT2D eigenvalue weighted by molar-refractivity contribution is 5.81. The van der Waals surface area contributed by atoms with Gasteiger partial charge >= 0.3 is 0 Å². The van der Waals surface area contributed by atoms with Crippen LogP contribution < -0.4 is 0 Å². The highest BCUT2D eigenvalue weighted by Gasteiger charge is 2.31. The summed E-state index contributed by atoms with van der Waals surface area (Å²) in [5, 5.41) is 0. The van der Waals surface area contributed by atoms with Crippen molar-refractivity contribution in [2.45, 2.75) is 58.6 Å². The highest BCUT2D eigenvalue weighted by atomic mass is 16.5. The number of likely N-dealkylation sites (tertiary alicyclic amines) is 1. The molecule has 0 aliphatic carbocycles. The van der Waals surface area contributed by atoms with Gasteiger partial charge in [0.15, 0.2) is 0 Å². The van der Waals surface area contributed by atoms with Crippen molar-refractivity contribution in [2.75, 3.05) is 26.4 Å². The number of carbonyl (C=O) groups excluding carboxylic acids is 1. The average molecular weight is 323 g/mol. The second kappa shape index (κ2) is 9.08. The van der Waals surface area contributed by atoms with Crippen LogP contribution in [0.3, 0.4) is 0 Å². The normalized spacial score (nSPS) is 20.3. The predicted molar refractivity (Wildman–Crippen MR) is 88.3 cm³/mol. The monoisotopic (exact) mass is 323 g/mol. The topological polar surface area (TPSA) is 51.9 Å². The molecule has 2 atom stereocenters. The van der Waals surface area contributed by atoms with E-state index >= 15 is 0 Å². The summed E-state index contributed by atoms with van der Waals surface area (Å²) in [6.45, 7) is 8.10. The van der Waals surface area contributed by atoms with Crippen molar-refractivity contribution in [2.24, 2.45) is 0 Å². The van der Waals surface area contributed by atoms with Crippen LogP contribution in [-0.2, 0) is 14.3 Å². The van der Waals surface area contributed by atoms with Crippen LogP contribution in [0.25, 0.3) is 0 Å². The average Bonchev–Trinajstić information content (AvgIpc) is 2.83. The predicted octanol–water partition coefficient (Wildman–Crippen LogP) is 3.47. The van der Waals surface area contributed by atoms with Gasteiger partial charge < -0.3 is 18.8 Å². The number of carbonyl (C=O) groups is 1. The van der Waals surface area contributed by atoms with Gasteiger partial charge in [0.1, 0.15) is 17.6 Å². The molecule has 0 aromatic carbocycles. The van der Waals surface area contributed by atoms with Crippen molar-refractivity contribution < 1.29 is 18.7 Å². The maximum absolute atomic E-state index is 12.8. The lowest BCUT2D eigenvalue weighted by Crippen LogP contribution is -2.41. The first-order valence-electron chi connectivity index (χ1n) is 8.69. The fourth-order valence-electron chi connectivity index (χ4n) is 3.03. The van der Waals surface area contributed by atoms with E-state index in [0.717, 1.165) is 43.7 Å². The van der Waals surface area contributed by atoms with E-state index in [-0.39, 0.29) is 11.9 Å². The summed E-state index contributed by atoms with van der Waals surface area (Å²) in [6.07, 6.45) is 3.80. The molecule has 0 bridgehead atoms. The summed E-state index contributed by atoms with van der Waals surface area (Å²) in [4.78, 5) is 14.8. The first-order valence-corrected chi connectivity index (χ1v) is 8.69. The van der Waals surface area contributed by atoms with E-state index in [9.17, 15) is 4.79 Å². The maximum Gasteiger partial charge on any atom is 0.252 e. The van der Waals surface area contributed by atoms with Crippen molar-refractivity contribution >= 4 is 5.91 Å². The number of amides is 1. The van der Waals surface area contributed by atoms with E-state index < -0.39 is 6.10 Å². The smallest absolute Gasteiger partial charge is 0.252 e. The Labute approximate surface area is 138 Å². The molecule has 2 rings (SSSR count). The zero-order chi connectivity index (χ0) is 16.7. The van der Waals surface area contributed by atoms with Crippen molar-refractivity contribution in [3.63, 3.8) is 0 Å². The fourth-order valence-corrected chi connectivity index (χ4v) is 3.03. The largest absolute Gasteiger partial charge is 0.464 e. The zero-order valence-corrected chi connectivity index (χ0v) is 14.5. The van der Waals surface area contributed by atoms with Crippen LogP contribution in [0.15, 0.2) is 16.5 Å². The number of hydrogen-bond donors (Lipinski definition) is 0. The minimum atomic E-state index is -0.452. The van der Waals surface area contributed by atoms with Crippen molar-refractivity contribution in [1.82, 2.24) is 4.90 Å². The number of rotatable bonds is 7. The van der Waals surface area contributed by atoms with Gasteiger partial charge in [-0.05, 0) is 45.7 Å². The van der Waals surface area contributed by atoms with Gasteiger partial charge in [-0.25, -0.2) is 0 Å². The molecule has 5 nitrogen and oxygen atoms in total. The molecule has 5 heteroatoms. The van der Waals surface area contributed by atoms with Gasteiger partial charge in [0.05, 0.1) is 19.3 Å². The van der Waals surface area contributed by atoms with E-state index in [1.807, 2.05) is 37.8 Å². The van der Waals surface area contributed by atoms with E-state index in [4.69, 9.17) is 13.9 Å². The van der Waals surface area contributed by atoms with Crippen LogP contribution in [0, 0.1) is 6.92 Å². The van der Waals surface area contributed by atoms with Crippen LogP contribution in [0.5, 0.6) is 0 Å². The molecule has 1 aromatic heterocycles. The molecule has 1 aromatic rings. The van der Waals surface area contributed by atoms with Crippen LogP contribution in [0.1, 0.15) is 57.1 Å². The Morgan fingerprint density at radius 3 is 2.87 bits per heavy atom. The second-order valence-corrected chi connectivity index (χ2v) is 6.06. The standard InChI is InChI=1S/C18H29NO4/c1-4-21-12-13-22-15(3)18(20)19-11-7-5-6-8-16(19)17-10-9-14(2)23-17/h9-10,15-16H,4-8,11-13H2,1-3H3/t15-,16-/m0/s1. The summed E-state index contributed by atoms with van der Waals surface area (Å²) in [7, 11) is 0. The molecule has 1 amide bonds. The molecule has 0 N–H and O–H groups in total. The van der Waals surface area contributed by atoms with Crippen LogP contribution in [-0.4, -0.2) is 43.3 Å². The molecule has 1 aliphatic heterocycles. The Kier molecular flexibility index (Phi) is 7.12. The molecule has 23 heavy (non-hydrogen) atoms. The maximum atomic E-state index is 12.8. The van der Waals surface area contributed by atoms with Crippen LogP contribution in [0.4, 0.5) is 0 Å². The fraction of sp³-hybridized carbons (Fsp3) is 0.722. The van der Waals surface area contributed by atoms with Gasteiger partial charge in [0, 0.05) is 13.2 Å². The molecule has 130 valence electrons. The molecule has 0 unspecified atom stereocenters. The third kappa shape index (κ3) is 5.08. The minimum Gasteiger partial charge on any atom is -0.464 e. The summed E-state index contributed by atoms with van der Waals surface area (Å²) in [5.41, 5.74) is 0. The Morgan fingerprint density at radius 1 is 1.35 bits per heavy atom. The van der Waals surface area contributed by atoms with Gasteiger partial charge in [-0.1, -0.05) is 12.8 Å². The lowest BCUT2D eigenvalue weighted by Gasteiger charge is -2.31. The second-order valence-electron chi connectivity index (χ2n) is 6.06. The molecule has 1 saturated heterocycles. The summed E-state index contributed by atoms with van der Waals surface area (Å²) in [6, 6.07) is 3.98. The summed E-state index contributed by atoms with van der Waals surface area (Å²) < 4.78 is 16.7. The number of hydrogen-bond acceptors (Lipinski definition) is 4. The minimum absolute atomic E-state index is 0.0247. The Morgan fingerprint density at radius 2 is 2.17 bits per heavy atom. The molecular formula is C18H29NO4. The van der Waals surface area contributed by atoms with E-state index in [2.05, 4.69) is 0 Å². The lowest BCUT2D eigenvalue weighted by molar-refractivity contribution is -0.146. The molecule has 0 spiro atoms. The van der Waals surface area contributed by atoms with Crippen molar-refractivity contribution in [3.05, 3.63) is 23.7 Å². The Bertz CT molecular complexity index is 485. The Balaban J connectivity index is 2.01. The van der Waals surface area contributed by atoms with E-state index in [1.165, 1.54) is 0 Å². The van der Waals surface area contributed by atoms with Gasteiger partial charge in [-0.2, -0.15) is 0 Å². The van der Waals surface area contributed by atoms with Crippen molar-refractivity contribution in [3.8, 4) is 0 Å². The van der Waals surface area contributed by atoms with Gasteiger partial charge in [0.25, 0.3) is 5.91 Å². The SMILES string of the molecule is CCOCCO[C@@H](C)C(=O)N1CCCCC[C@H]1c1ccc(C)o1. The molecular weight excluding hydrogens is 294 g/mol. The molecule has 2 heterocycles. The number of nitrogens with zero attached hydrogens (tertiary/aromatic N) is 1. The van der Waals surface area contributed by atoms with Gasteiger partial charge in [-0.15, -0.1) is 0 Å². The highest BCUT2D eigenvalue weighted by Crippen LogP contribution is 2.31. The summed E-state index contributed by atoms with van der Waals surface area (Å²) >= 11 is 0. The lowest BCUT2D eigenvalue weighted by atomic mass is 10.1. The third-order valence-corrected chi connectivity index (χ3v) is 4.27. The molecule has 1 aliphatic rings. The van der Waals surface area contributed by atoms with Crippen LogP contribution in [0.2, 0.25) is 0 Å². The van der Waals surface area contributed by atoms with Crippen LogP contribution >= 0.6 is 0 Å². The number of ether oxygens (including phenoxy) is 2. The quantitative estimate of drug-likeness (QED) is 0.721. The van der Waals surface area contributed by atoms with Crippen molar-refractivity contribution in [1.29, 1.82) is 0 Å². The van der Waals surface area contributed by atoms with E-state index in [1.54, 1.807) is 0 Å². The molecule has 0 radical (unpaired) electrons. The first-order chi connectivity index (χ1) is 11.1. The Hall–Kier alpha value is -1.33. The number of aryl methyl sites for hydroxylation is 1. The van der Waals surface area contributed by atoms with E-state index in [0.29, 0.717) is 19.8 Å². The number of furan rings is 1. The summed E-state index contributed by atoms with van der Waals surface area (Å²) in [5.74, 6) is 1.82. The first kappa shape index (κ1) is 18.0. The molecule has 1 fully saturated rings. The molecule has 0 saturated carbocycles. The van der Waals surface area contributed by atoms with Gasteiger partial charge in [-0.3, -0.25) is 4.79 Å². The van der Waals surface area contributed by atoms with Gasteiger partial charge in [0.2, 0.25) is 0 Å².